The van der Waals surface area contributed by atoms with Crippen LogP contribution in [0.5, 0.6) is 0 Å². The molecule has 0 spiro atoms. The number of unbranched alkanes of at least 4 members (excludes halogenated alkanes) is 1. The molecule has 0 bridgehead atoms. The van der Waals surface area contributed by atoms with Gasteiger partial charge in [0.05, 0.1) is 4.92 Å². The van der Waals surface area contributed by atoms with E-state index in [1.165, 1.54) is 56.5 Å². The number of hydrogen-bond acceptors (Lipinski definition) is 8. The summed E-state index contributed by atoms with van der Waals surface area (Å²) >= 11 is 0. The Balaban J connectivity index is 0.000000459. The van der Waals surface area contributed by atoms with Gasteiger partial charge < -0.3 is 14.7 Å². The molecule has 1 aliphatic rings. The Kier molecular flexibility index (Phi) is 11.3. The number of piperidine rings is 1. The zero-order chi connectivity index (χ0) is 28.0. The van der Waals surface area contributed by atoms with E-state index in [-0.39, 0.29) is 5.69 Å². The Labute approximate surface area is 225 Å². The van der Waals surface area contributed by atoms with Gasteiger partial charge in [0.15, 0.2) is 5.82 Å². The average molecular weight is 537 g/mol. The van der Waals surface area contributed by atoms with Crippen molar-refractivity contribution in [2.75, 3.05) is 13.1 Å². The first kappa shape index (κ1) is 29.2. The van der Waals surface area contributed by atoms with Crippen LogP contribution in [-0.4, -0.2) is 55.2 Å². The highest BCUT2D eigenvalue weighted by Crippen LogP contribution is 2.25. The number of likely N-dealkylation sites (tertiary alicyclic amines) is 1. The van der Waals surface area contributed by atoms with Crippen LogP contribution in [0.3, 0.4) is 0 Å². The van der Waals surface area contributed by atoms with Crippen molar-refractivity contribution in [3.05, 3.63) is 88.3 Å². The molecule has 0 amide bonds. The van der Waals surface area contributed by atoms with Gasteiger partial charge in [0.1, 0.15) is 0 Å². The Hall–Kier alpha value is -4.38. The molecule has 11 nitrogen and oxygen atoms in total. The maximum Gasteiger partial charge on any atom is 0.328 e. The normalized spacial score (nSPS) is 14.1. The van der Waals surface area contributed by atoms with Gasteiger partial charge >= 0.3 is 11.9 Å². The van der Waals surface area contributed by atoms with Gasteiger partial charge in [-0.25, -0.2) is 9.59 Å². The largest absolute Gasteiger partial charge is 0.478 e. The maximum absolute atomic E-state index is 10.8. The molecule has 1 aromatic heterocycles. The minimum absolute atomic E-state index is 0.0504. The van der Waals surface area contributed by atoms with Crippen LogP contribution in [0.15, 0.2) is 71.3 Å². The van der Waals surface area contributed by atoms with Crippen LogP contribution in [0.2, 0.25) is 0 Å². The fourth-order valence-corrected chi connectivity index (χ4v) is 4.33. The Morgan fingerprint density at radius 1 is 1.00 bits per heavy atom. The number of nitro groups is 1. The highest BCUT2D eigenvalue weighted by Gasteiger charge is 2.19. The van der Waals surface area contributed by atoms with E-state index in [1.54, 1.807) is 12.1 Å². The van der Waals surface area contributed by atoms with Gasteiger partial charge in [-0.05, 0) is 56.0 Å². The van der Waals surface area contributed by atoms with E-state index >= 15 is 0 Å². The Morgan fingerprint density at radius 3 is 2.23 bits per heavy atom. The van der Waals surface area contributed by atoms with Crippen molar-refractivity contribution in [2.45, 2.75) is 45.1 Å². The molecule has 206 valence electrons. The van der Waals surface area contributed by atoms with Crippen molar-refractivity contribution in [3.63, 3.8) is 0 Å². The Bertz CT molecular complexity index is 1220. The quantitative estimate of drug-likeness (QED) is 0.148. The number of carboxylic acids is 2. The van der Waals surface area contributed by atoms with E-state index in [0.717, 1.165) is 25.3 Å². The number of non-ortho nitro benzene ring substituents is 1. The molecule has 3 aromatic rings. The van der Waals surface area contributed by atoms with Crippen molar-refractivity contribution >= 4 is 17.6 Å². The summed E-state index contributed by atoms with van der Waals surface area (Å²) in [6, 6.07) is 16.9. The lowest BCUT2D eigenvalue weighted by atomic mass is 9.91. The molecule has 2 aromatic carbocycles. The summed E-state index contributed by atoms with van der Waals surface area (Å²) in [7, 11) is 0. The minimum Gasteiger partial charge on any atom is -0.478 e. The first-order valence-corrected chi connectivity index (χ1v) is 12.8. The second-order valence-electron chi connectivity index (χ2n) is 9.28. The summed E-state index contributed by atoms with van der Waals surface area (Å²) in [5.74, 6) is -0.588. The van der Waals surface area contributed by atoms with Gasteiger partial charge in [0.2, 0.25) is 0 Å². The summed E-state index contributed by atoms with van der Waals surface area (Å²) in [6.45, 7) is 3.43. The molecular weight excluding hydrogens is 504 g/mol. The number of aliphatic carboxylic acids is 2. The zero-order valence-corrected chi connectivity index (χ0v) is 21.5. The number of nitro benzene ring substituents is 1. The summed E-state index contributed by atoms with van der Waals surface area (Å²) in [6.07, 6.45) is 7.94. The van der Waals surface area contributed by atoms with Crippen molar-refractivity contribution in [1.29, 1.82) is 0 Å². The van der Waals surface area contributed by atoms with E-state index in [9.17, 15) is 19.7 Å². The second-order valence-corrected chi connectivity index (χ2v) is 9.28. The van der Waals surface area contributed by atoms with Gasteiger partial charge in [-0.3, -0.25) is 15.0 Å². The molecule has 2 heterocycles. The second kappa shape index (κ2) is 15.1. The number of carboxylic acid groups (broad SMARTS) is 2. The average Bonchev–Trinajstić information content (AvgIpc) is 3.41. The van der Waals surface area contributed by atoms with E-state index in [2.05, 4.69) is 45.4 Å². The van der Waals surface area contributed by atoms with Gasteiger partial charge in [0.25, 0.3) is 11.6 Å². The van der Waals surface area contributed by atoms with Crippen LogP contribution < -0.4 is 0 Å². The van der Waals surface area contributed by atoms with Crippen LogP contribution in [-0.2, 0) is 22.6 Å². The molecular formula is C28H32N4O7. The van der Waals surface area contributed by atoms with Crippen LogP contribution in [0.25, 0.3) is 11.5 Å². The zero-order valence-electron chi connectivity index (χ0n) is 21.5. The molecule has 2 N–H and O–H groups in total. The third-order valence-electron chi connectivity index (χ3n) is 6.38. The van der Waals surface area contributed by atoms with E-state index in [4.69, 9.17) is 14.7 Å². The van der Waals surface area contributed by atoms with Gasteiger partial charge in [-0.2, -0.15) is 4.98 Å². The lowest BCUT2D eigenvalue weighted by Crippen LogP contribution is -2.33. The number of aryl methyl sites for hydroxylation is 1. The van der Waals surface area contributed by atoms with Gasteiger partial charge in [-0.1, -0.05) is 48.3 Å². The molecule has 4 rings (SSSR count). The lowest BCUT2D eigenvalue weighted by Gasteiger charge is -2.32. The number of rotatable bonds is 11. The predicted molar refractivity (Wildman–Crippen MR) is 143 cm³/mol. The molecule has 39 heavy (non-hydrogen) atoms. The van der Waals surface area contributed by atoms with Crippen molar-refractivity contribution in [2.24, 2.45) is 5.92 Å². The topological polar surface area (TPSA) is 160 Å². The molecule has 11 heteroatoms. The summed E-state index contributed by atoms with van der Waals surface area (Å²) in [4.78, 5) is 36.4. The molecule has 0 aliphatic carbocycles. The third kappa shape index (κ3) is 10.5. The smallest absolute Gasteiger partial charge is 0.328 e. The minimum atomic E-state index is -1.26. The molecule has 0 unspecified atom stereocenters. The van der Waals surface area contributed by atoms with Crippen LogP contribution in [0.1, 0.15) is 43.5 Å². The highest BCUT2D eigenvalue weighted by molar-refractivity contribution is 5.89. The van der Waals surface area contributed by atoms with Crippen LogP contribution in [0.4, 0.5) is 5.69 Å². The van der Waals surface area contributed by atoms with Crippen molar-refractivity contribution in [3.8, 4) is 11.5 Å². The molecule has 1 aliphatic heterocycles. The SMILES string of the molecule is O=C(O)C=CC(=O)O.O=[N+]([O-])c1ccc(-c2nc(CCCCC3CCN(Cc4ccccc4)CC3)no2)cc1. The summed E-state index contributed by atoms with van der Waals surface area (Å²) in [5.41, 5.74) is 2.15. The van der Waals surface area contributed by atoms with E-state index in [1.807, 2.05) is 0 Å². The van der Waals surface area contributed by atoms with Crippen LogP contribution >= 0.6 is 0 Å². The number of hydrogen-bond donors (Lipinski definition) is 2. The van der Waals surface area contributed by atoms with Crippen molar-refractivity contribution < 1.29 is 29.2 Å². The molecule has 1 fully saturated rings. The number of benzene rings is 2. The summed E-state index contributed by atoms with van der Waals surface area (Å²) < 4.78 is 5.32. The summed E-state index contributed by atoms with van der Waals surface area (Å²) in [5, 5.41) is 30.4. The first-order valence-electron chi connectivity index (χ1n) is 12.8. The predicted octanol–water partition coefficient (Wildman–Crippen LogP) is 4.98. The highest BCUT2D eigenvalue weighted by atomic mass is 16.6. The maximum atomic E-state index is 10.8. The molecule has 0 radical (unpaired) electrons. The molecule has 0 atom stereocenters. The Morgan fingerprint density at radius 2 is 1.64 bits per heavy atom. The first-order chi connectivity index (χ1) is 18.8. The lowest BCUT2D eigenvalue weighted by molar-refractivity contribution is -0.384. The number of nitrogens with zero attached hydrogens (tertiary/aromatic N) is 4. The standard InChI is InChI=1S/C24H28N4O3.C4H4O4/c29-28(30)22-12-10-21(11-13-22)24-25-23(26-31-24)9-5-4-6-19-14-16-27(17-15-19)18-20-7-2-1-3-8-20;5-3(6)1-2-4(7)8/h1-3,7-8,10-13,19H,4-6,9,14-18H2;1-2H,(H,5,6)(H,7,8). The van der Waals surface area contributed by atoms with Gasteiger partial charge in [-0.15, -0.1) is 0 Å². The number of aromatic nitrogens is 2. The van der Waals surface area contributed by atoms with E-state index < -0.39 is 16.9 Å². The van der Waals surface area contributed by atoms with Crippen LogP contribution in [0, 0.1) is 16.0 Å². The monoisotopic (exact) mass is 536 g/mol. The van der Waals surface area contributed by atoms with Crippen molar-refractivity contribution in [1.82, 2.24) is 15.0 Å². The fourth-order valence-electron chi connectivity index (χ4n) is 4.33. The van der Waals surface area contributed by atoms with Gasteiger partial charge in [0, 0.05) is 42.8 Å². The fraction of sp³-hybridized carbons (Fsp3) is 0.357. The number of carbonyl (C=O) groups is 2. The molecule has 1 saturated heterocycles. The third-order valence-corrected chi connectivity index (χ3v) is 6.38. The van der Waals surface area contributed by atoms with E-state index in [0.29, 0.717) is 29.4 Å². The molecule has 0 saturated carbocycles.